The molecule has 1 unspecified atom stereocenters. The van der Waals surface area contributed by atoms with Gasteiger partial charge in [-0.2, -0.15) is 25.7 Å². The molecular weight excluding hydrogens is 470 g/mol. The van der Waals surface area contributed by atoms with Crippen molar-refractivity contribution >= 4 is 18.2 Å². The number of hydrogen-bond acceptors (Lipinski definition) is 8. The van der Waals surface area contributed by atoms with E-state index in [0.717, 1.165) is 12.3 Å². The fourth-order valence-corrected chi connectivity index (χ4v) is 4.15. The first kappa shape index (κ1) is 22.9. The molecule has 4 heterocycles. The summed E-state index contributed by atoms with van der Waals surface area (Å²) in [5.74, 6) is -1.04. The Balaban J connectivity index is 1.28. The minimum Gasteiger partial charge on any atom is -0.337 e. The molecule has 0 saturated carbocycles. The van der Waals surface area contributed by atoms with Crippen molar-refractivity contribution in [1.82, 2.24) is 29.7 Å². The molecular formula is C23H18F2N10O. The zero-order valence-electron chi connectivity index (χ0n) is 18.8. The molecule has 1 saturated heterocycles. The minimum absolute atomic E-state index is 0.0823. The van der Waals surface area contributed by atoms with Gasteiger partial charge >= 0.3 is 6.03 Å². The van der Waals surface area contributed by atoms with Crippen molar-refractivity contribution < 1.29 is 13.6 Å². The van der Waals surface area contributed by atoms with E-state index < -0.39 is 17.7 Å². The van der Waals surface area contributed by atoms with Gasteiger partial charge in [0.1, 0.15) is 11.9 Å². The van der Waals surface area contributed by atoms with E-state index in [2.05, 4.69) is 20.2 Å². The van der Waals surface area contributed by atoms with Crippen molar-refractivity contribution in [3.05, 3.63) is 65.1 Å². The number of urea groups is 1. The van der Waals surface area contributed by atoms with Crippen LogP contribution in [0.2, 0.25) is 0 Å². The highest BCUT2D eigenvalue weighted by Gasteiger charge is 2.34. The average molecular weight is 488 g/mol. The molecule has 2 aliphatic heterocycles. The Morgan fingerprint density at radius 1 is 1.08 bits per heavy atom. The monoisotopic (exact) mass is 488 g/mol. The highest BCUT2D eigenvalue weighted by Crippen LogP contribution is 2.30. The van der Waals surface area contributed by atoms with Crippen LogP contribution in [-0.4, -0.2) is 68.1 Å². The van der Waals surface area contributed by atoms with E-state index in [0.29, 0.717) is 38.2 Å². The lowest BCUT2D eigenvalue weighted by molar-refractivity contribution is 0.139. The predicted molar refractivity (Wildman–Crippen MR) is 122 cm³/mol. The van der Waals surface area contributed by atoms with Crippen molar-refractivity contribution in [2.45, 2.75) is 12.5 Å². The van der Waals surface area contributed by atoms with Crippen LogP contribution in [0.4, 0.5) is 19.5 Å². The third kappa shape index (κ3) is 4.30. The zero-order chi connectivity index (χ0) is 25.2. The maximum Gasteiger partial charge on any atom is 0.341 e. The Bertz CT molecular complexity index is 1430. The van der Waals surface area contributed by atoms with Gasteiger partial charge in [0, 0.05) is 45.0 Å². The van der Waals surface area contributed by atoms with Gasteiger partial charge in [-0.05, 0) is 29.8 Å². The first-order chi connectivity index (χ1) is 17.5. The highest BCUT2D eigenvalue weighted by molar-refractivity contribution is 5.78. The lowest BCUT2D eigenvalue weighted by atomic mass is 10.0. The molecule has 2 aromatic heterocycles. The number of halogens is 2. The van der Waals surface area contributed by atoms with Gasteiger partial charge in [-0.1, -0.05) is 0 Å². The molecule has 0 bridgehead atoms. The SMILES string of the molecule is N#Cc1cc(F)cc(C2CC=NN2C(=O)N2CCN(c3ncc(F)c(-n4ccc(C#N)n4)n3)CC2)c1. The van der Waals surface area contributed by atoms with Crippen molar-refractivity contribution in [3.63, 3.8) is 0 Å². The molecule has 2 amide bonds. The van der Waals surface area contributed by atoms with Gasteiger partial charge in [0.05, 0.1) is 23.9 Å². The number of amides is 2. The lowest BCUT2D eigenvalue weighted by Crippen LogP contribution is -2.52. The third-order valence-electron chi connectivity index (χ3n) is 5.93. The van der Waals surface area contributed by atoms with Gasteiger partial charge in [-0.25, -0.2) is 28.3 Å². The summed E-state index contributed by atoms with van der Waals surface area (Å²) in [5, 5.41) is 27.6. The largest absolute Gasteiger partial charge is 0.341 e. The Hall–Kier alpha value is -4.91. The number of piperazine rings is 1. The molecule has 0 aliphatic carbocycles. The maximum absolute atomic E-state index is 14.3. The van der Waals surface area contributed by atoms with E-state index in [9.17, 15) is 13.6 Å². The summed E-state index contributed by atoms with van der Waals surface area (Å²) < 4.78 is 29.5. The summed E-state index contributed by atoms with van der Waals surface area (Å²) in [6.07, 6.45) is 4.49. The first-order valence-corrected chi connectivity index (χ1v) is 11.0. The van der Waals surface area contributed by atoms with Crippen LogP contribution in [0.5, 0.6) is 0 Å². The van der Waals surface area contributed by atoms with E-state index >= 15 is 0 Å². The summed E-state index contributed by atoms with van der Waals surface area (Å²) >= 11 is 0. The molecule has 0 N–H and O–H groups in total. The fraction of sp³-hybridized carbons (Fsp3) is 0.261. The second kappa shape index (κ2) is 9.38. The Labute approximate surface area is 204 Å². The van der Waals surface area contributed by atoms with E-state index in [4.69, 9.17) is 10.5 Å². The second-order valence-corrected chi connectivity index (χ2v) is 8.13. The number of carbonyl (C=O) groups excluding carboxylic acids is 1. The minimum atomic E-state index is -0.685. The van der Waals surface area contributed by atoms with Crippen LogP contribution in [0, 0.1) is 34.3 Å². The summed E-state index contributed by atoms with van der Waals surface area (Å²) in [5.41, 5.74) is 0.809. The first-order valence-electron chi connectivity index (χ1n) is 11.0. The van der Waals surface area contributed by atoms with Crippen LogP contribution in [0.3, 0.4) is 0 Å². The van der Waals surface area contributed by atoms with Crippen LogP contribution in [0.25, 0.3) is 5.82 Å². The van der Waals surface area contributed by atoms with Gasteiger partial charge in [0.25, 0.3) is 0 Å². The number of nitrogens with zero attached hydrogens (tertiary/aromatic N) is 10. The van der Waals surface area contributed by atoms with Crippen molar-refractivity contribution in [2.75, 3.05) is 31.1 Å². The molecule has 5 rings (SSSR count). The summed E-state index contributed by atoms with van der Waals surface area (Å²) in [7, 11) is 0. The van der Waals surface area contributed by atoms with Crippen molar-refractivity contribution in [1.29, 1.82) is 10.5 Å². The Morgan fingerprint density at radius 2 is 1.89 bits per heavy atom. The van der Waals surface area contributed by atoms with Crippen LogP contribution < -0.4 is 4.90 Å². The molecule has 0 spiro atoms. The number of anilines is 1. The molecule has 2 aliphatic rings. The molecule has 180 valence electrons. The van der Waals surface area contributed by atoms with Gasteiger partial charge in [0.2, 0.25) is 5.95 Å². The highest BCUT2D eigenvalue weighted by atomic mass is 19.1. The predicted octanol–water partition coefficient (Wildman–Crippen LogP) is 2.36. The third-order valence-corrected chi connectivity index (χ3v) is 5.93. The smallest absolute Gasteiger partial charge is 0.337 e. The number of rotatable bonds is 3. The number of carbonyl (C=O) groups is 1. The number of benzene rings is 1. The van der Waals surface area contributed by atoms with Gasteiger partial charge < -0.3 is 9.80 Å². The van der Waals surface area contributed by atoms with Crippen molar-refractivity contribution in [2.24, 2.45) is 5.10 Å². The Kier molecular flexibility index (Phi) is 5.96. The maximum atomic E-state index is 14.3. The zero-order valence-corrected chi connectivity index (χ0v) is 18.8. The molecule has 1 aromatic carbocycles. The van der Waals surface area contributed by atoms with Crippen LogP contribution in [0.1, 0.15) is 29.3 Å². The average Bonchev–Trinajstić information content (AvgIpc) is 3.58. The van der Waals surface area contributed by atoms with Crippen LogP contribution >= 0.6 is 0 Å². The summed E-state index contributed by atoms with van der Waals surface area (Å²) in [6.45, 7) is 1.45. The lowest BCUT2D eigenvalue weighted by Gasteiger charge is -2.37. The van der Waals surface area contributed by atoms with Crippen LogP contribution in [0.15, 0.2) is 41.8 Å². The molecule has 11 nitrogen and oxygen atoms in total. The molecule has 13 heteroatoms. The number of hydrazone groups is 1. The van der Waals surface area contributed by atoms with Gasteiger partial charge in [-0.3, -0.25) is 0 Å². The molecule has 1 atom stereocenters. The van der Waals surface area contributed by atoms with Crippen LogP contribution in [-0.2, 0) is 0 Å². The summed E-state index contributed by atoms with van der Waals surface area (Å²) in [4.78, 5) is 25.0. The van der Waals surface area contributed by atoms with E-state index in [-0.39, 0.29) is 29.1 Å². The van der Waals surface area contributed by atoms with Gasteiger partial charge in [0.15, 0.2) is 17.3 Å². The van der Waals surface area contributed by atoms with E-state index in [1.165, 1.54) is 28.0 Å². The van der Waals surface area contributed by atoms with E-state index in [1.54, 1.807) is 17.2 Å². The quantitative estimate of drug-likeness (QED) is 0.553. The summed E-state index contributed by atoms with van der Waals surface area (Å²) in [6, 6.07) is 8.42. The molecule has 3 aromatic rings. The standard InChI is InChI=1S/C23H18F2N10O/c24-17-10-15(12-26)9-16(11-17)20-1-3-29-35(20)23(36)33-7-5-32(6-8-33)22-28-14-19(25)21(30-22)34-4-2-18(13-27)31-34/h2-4,9-11,14,20H,1,5-8H2. The topological polar surface area (TPSA) is 130 Å². The molecule has 0 radical (unpaired) electrons. The Morgan fingerprint density at radius 3 is 2.61 bits per heavy atom. The second-order valence-electron chi connectivity index (χ2n) is 8.13. The molecule has 1 fully saturated rings. The fourth-order valence-electron chi connectivity index (χ4n) is 4.15. The van der Waals surface area contributed by atoms with Crippen molar-refractivity contribution in [3.8, 4) is 18.0 Å². The van der Waals surface area contributed by atoms with Gasteiger partial charge in [-0.15, -0.1) is 0 Å². The normalized spacial score (nSPS) is 17.2. The number of hydrogen-bond donors (Lipinski definition) is 0. The number of aromatic nitrogens is 4. The van der Waals surface area contributed by atoms with E-state index in [1.807, 2.05) is 17.0 Å². The number of nitriles is 2. The molecule has 36 heavy (non-hydrogen) atoms.